The van der Waals surface area contributed by atoms with Gasteiger partial charge in [0.2, 0.25) is 0 Å². The predicted octanol–water partition coefficient (Wildman–Crippen LogP) is 1.36. The SMILES string of the molecule is Cc1ncc(NC2CC2)cn1. The Hall–Kier alpha value is -1.12. The number of nitrogens with one attached hydrogen (secondary N) is 1. The second kappa shape index (κ2) is 2.49. The summed E-state index contributed by atoms with van der Waals surface area (Å²) in [5.41, 5.74) is 1.04. The van der Waals surface area contributed by atoms with Crippen LogP contribution in [0.5, 0.6) is 0 Å². The summed E-state index contributed by atoms with van der Waals surface area (Å²) in [6.45, 7) is 1.89. The summed E-state index contributed by atoms with van der Waals surface area (Å²) in [7, 11) is 0. The number of rotatable bonds is 2. The molecular weight excluding hydrogens is 138 g/mol. The average molecular weight is 149 g/mol. The zero-order valence-corrected chi connectivity index (χ0v) is 6.54. The van der Waals surface area contributed by atoms with Gasteiger partial charge in [-0.05, 0) is 19.8 Å². The lowest BCUT2D eigenvalue weighted by atomic mass is 10.5. The third-order valence-electron chi connectivity index (χ3n) is 1.73. The molecule has 3 heteroatoms. The van der Waals surface area contributed by atoms with E-state index >= 15 is 0 Å². The molecular formula is C8H11N3. The van der Waals surface area contributed by atoms with Gasteiger partial charge in [-0.1, -0.05) is 0 Å². The van der Waals surface area contributed by atoms with Crippen LogP contribution in [0, 0.1) is 6.92 Å². The second-order valence-corrected chi connectivity index (χ2v) is 2.94. The van der Waals surface area contributed by atoms with Crippen LogP contribution >= 0.6 is 0 Å². The molecule has 1 fully saturated rings. The van der Waals surface area contributed by atoms with Gasteiger partial charge in [0, 0.05) is 6.04 Å². The minimum atomic E-state index is 0.682. The topological polar surface area (TPSA) is 37.8 Å². The molecule has 0 spiro atoms. The highest BCUT2D eigenvalue weighted by atomic mass is 15.0. The van der Waals surface area contributed by atoms with E-state index in [9.17, 15) is 0 Å². The highest BCUT2D eigenvalue weighted by molar-refractivity contribution is 5.40. The van der Waals surface area contributed by atoms with Crippen molar-refractivity contribution in [2.24, 2.45) is 0 Å². The van der Waals surface area contributed by atoms with E-state index in [0.717, 1.165) is 11.5 Å². The van der Waals surface area contributed by atoms with E-state index in [-0.39, 0.29) is 0 Å². The molecule has 58 valence electrons. The molecule has 2 rings (SSSR count). The molecule has 0 atom stereocenters. The molecule has 1 saturated carbocycles. The first-order valence-electron chi connectivity index (χ1n) is 3.90. The van der Waals surface area contributed by atoms with E-state index in [2.05, 4.69) is 15.3 Å². The highest BCUT2D eigenvalue weighted by Gasteiger charge is 2.20. The van der Waals surface area contributed by atoms with Crippen molar-refractivity contribution in [3.05, 3.63) is 18.2 Å². The lowest BCUT2D eigenvalue weighted by molar-refractivity contribution is 1.03. The summed E-state index contributed by atoms with van der Waals surface area (Å²) < 4.78 is 0. The maximum absolute atomic E-state index is 4.09. The van der Waals surface area contributed by atoms with Crippen LogP contribution in [0.25, 0.3) is 0 Å². The second-order valence-electron chi connectivity index (χ2n) is 2.94. The van der Waals surface area contributed by atoms with Crippen LogP contribution in [-0.2, 0) is 0 Å². The van der Waals surface area contributed by atoms with Gasteiger partial charge in [0.15, 0.2) is 0 Å². The summed E-state index contributed by atoms with van der Waals surface area (Å²) in [4.78, 5) is 8.17. The third kappa shape index (κ3) is 1.67. The maximum Gasteiger partial charge on any atom is 0.125 e. The number of aromatic nitrogens is 2. The summed E-state index contributed by atoms with van der Waals surface area (Å²) in [5.74, 6) is 0.825. The van der Waals surface area contributed by atoms with E-state index in [1.807, 2.05) is 19.3 Å². The van der Waals surface area contributed by atoms with Gasteiger partial charge in [0.05, 0.1) is 18.1 Å². The number of nitrogens with zero attached hydrogens (tertiary/aromatic N) is 2. The van der Waals surface area contributed by atoms with E-state index < -0.39 is 0 Å². The summed E-state index contributed by atoms with van der Waals surface area (Å²) >= 11 is 0. The Labute approximate surface area is 65.9 Å². The van der Waals surface area contributed by atoms with Crippen LogP contribution in [0.3, 0.4) is 0 Å². The monoisotopic (exact) mass is 149 g/mol. The van der Waals surface area contributed by atoms with E-state index in [4.69, 9.17) is 0 Å². The molecule has 1 aliphatic carbocycles. The number of hydrogen-bond donors (Lipinski definition) is 1. The Morgan fingerprint density at radius 2 is 2.00 bits per heavy atom. The minimum absolute atomic E-state index is 0.682. The number of hydrogen-bond acceptors (Lipinski definition) is 3. The summed E-state index contributed by atoms with van der Waals surface area (Å²) in [6, 6.07) is 0.682. The van der Waals surface area contributed by atoms with Crippen molar-refractivity contribution in [2.75, 3.05) is 5.32 Å². The Morgan fingerprint density at radius 3 is 2.55 bits per heavy atom. The molecule has 1 aliphatic rings. The minimum Gasteiger partial charge on any atom is -0.380 e. The van der Waals surface area contributed by atoms with E-state index in [1.165, 1.54) is 12.8 Å². The van der Waals surface area contributed by atoms with Gasteiger partial charge < -0.3 is 5.32 Å². The fourth-order valence-corrected chi connectivity index (χ4v) is 0.930. The molecule has 1 aromatic rings. The van der Waals surface area contributed by atoms with Crippen molar-refractivity contribution in [2.45, 2.75) is 25.8 Å². The number of aryl methyl sites for hydroxylation is 1. The standard InChI is InChI=1S/C8H11N3/c1-6-9-4-8(5-10-6)11-7-2-3-7/h4-5,7,11H,2-3H2,1H3. The first kappa shape index (κ1) is 6.58. The fourth-order valence-electron chi connectivity index (χ4n) is 0.930. The first-order valence-corrected chi connectivity index (χ1v) is 3.90. The van der Waals surface area contributed by atoms with Crippen molar-refractivity contribution in [1.29, 1.82) is 0 Å². The van der Waals surface area contributed by atoms with Gasteiger partial charge in [0.1, 0.15) is 5.82 Å². The van der Waals surface area contributed by atoms with Crippen molar-refractivity contribution in [3.63, 3.8) is 0 Å². The lowest BCUT2D eigenvalue weighted by Gasteiger charge is -2.01. The summed E-state index contributed by atoms with van der Waals surface area (Å²) in [6.07, 6.45) is 6.24. The van der Waals surface area contributed by atoms with Crippen molar-refractivity contribution in [3.8, 4) is 0 Å². The van der Waals surface area contributed by atoms with Crippen LogP contribution in [-0.4, -0.2) is 16.0 Å². The molecule has 0 radical (unpaired) electrons. The molecule has 3 nitrogen and oxygen atoms in total. The van der Waals surface area contributed by atoms with Gasteiger partial charge in [-0.3, -0.25) is 0 Å². The normalized spacial score (nSPS) is 16.5. The lowest BCUT2D eigenvalue weighted by Crippen LogP contribution is -2.01. The summed E-state index contributed by atoms with van der Waals surface area (Å²) in [5, 5.41) is 3.32. The Morgan fingerprint density at radius 1 is 1.36 bits per heavy atom. The third-order valence-corrected chi connectivity index (χ3v) is 1.73. The van der Waals surface area contributed by atoms with Crippen LogP contribution in [0.15, 0.2) is 12.4 Å². The van der Waals surface area contributed by atoms with Crippen LogP contribution < -0.4 is 5.32 Å². The Balaban J connectivity index is 2.06. The predicted molar refractivity (Wildman–Crippen MR) is 43.4 cm³/mol. The molecule has 0 saturated heterocycles. The quantitative estimate of drug-likeness (QED) is 0.690. The van der Waals surface area contributed by atoms with Crippen LogP contribution in [0.4, 0.5) is 5.69 Å². The van der Waals surface area contributed by atoms with E-state index in [1.54, 1.807) is 0 Å². The molecule has 1 heterocycles. The van der Waals surface area contributed by atoms with Gasteiger partial charge in [0.25, 0.3) is 0 Å². The largest absolute Gasteiger partial charge is 0.380 e. The molecule has 0 amide bonds. The average Bonchev–Trinajstić information content (AvgIpc) is 2.78. The van der Waals surface area contributed by atoms with Crippen molar-refractivity contribution in [1.82, 2.24) is 9.97 Å². The van der Waals surface area contributed by atoms with Gasteiger partial charge in [-0.2, -0.15) is 0 Å². The zero-order chi connectivity index (χ0) is 7.68. The first-order chi connectivity index (χ1) is 5.34. The van der Waals surface area contributed by atoms with Gasteiger partial charge in [-0.25, -0.2) is 9.97 Å². The molecule has 0 aliphatic heterocycles. The zero-order valence-electron chi connectivity index (χ0n) is 6.54. The maximum atomic E-state index is 4.09. The molecule has 1 N–H and O–H groups in total. The van der Waals surface area contributed by atoms with Gasteiger partial charge in [-0.15, -0.1) is 0 Å². The van der Waals surface area contributed by atoms with Crippen molar-refractivity contribution < 1.29 is 0 Å². The fraction of sp³-hybridized carbons (Fsp3) is 0.500. The molecule has 0 unspecified atom stereocenters. The highest BCUT2D eigenvalue weighted by Crippen LogP contribution is 2.23. The van der Waals surface area contributed by atoms with Gasteiger partial charge >= 0.3 is 0 Å². The Bertz CT molecular complexity index is 238. The van der Waals surface area contributed by atoms with Crippen molar-refractivity contribution >= 4 is 5.69 Å². The smallest absolute Gasteiger partial charge is 0.125 e. The molecule has 11 heavy (non-hydrogen) atoms. The molecule has 1 aromatic heterocycles. The van der Waals surface area contributed by atoms with Crippen LogP contribution in [0.1, 0.15) is 18.7 Å². The Kier molecular flexibility index (Phi) is 1.49. The van der Waals surface area contributed by atoms with Crippen LogP contribution in [0.2, 0.25) is 0 Å². The number of anilines is 1. The molecule has 0 bridgehead atoms. The van der Waals surface area contributed by atoms with E-state index in [0.29, 0.717) is 6.04 Å². The molecule has 0 aromatic carbocycles.